The molecular weight excluding hydrogens is 380 g/mol. The number of benzene rings is 1. The second-order valence-corrected chi connectivity index (χ2v) is 7.61. The number of thiophene rings is 1. The minimum Gasteiger partial charge on any atom is -0.495 e. The monoisotopic (exact) mass is 400 g/mol. The second kappa shape index (κ2) is 8.88. The summed E-state index contributed by atoms with van der Waals surface area (Å²) in [5.74, 6) is 1.51. The van der Waals surface area contributed by atoms with E-state index >= 15 is 0 Å². The number of hydrogen-bond donors (Lipinski definition) is 1. The van der Waals surface area contributed by atoms with E-state index in [1.807, 2.05) is 47.2 Å². The number of methoxy groups -OCH3 is 1. The van der Waals surface area contributed by atoms with Crippen molar-refractivity contribution in [2.75, 3.05) is 18.2 Å². The van der Waals surface area contributed by atoms with Crippen molar-refractivity contribution in [2.45, 2.75) is 18.6 Å². The molecule has 0 aliphatic heterocycles. The van der Waals surface area contributed by atoms with Crippen molar-refractivity contribution in [3.8, 4) is 16.5 Å². The highest BCUT2D eigenvalue weighted by molar-refractivity contribution is 7.99. The summed E-state index contributed by atoms with van der Waals surface area (Å²) in [7, 11) is 1.58. The van der Waals surface area contributed by atoms with Crippen molar-refractivity contribution in [3.05, 3.63) is 53.9 Å². The van der Waals surface area contributed by atoms with Gasteiger partial charge in [0.1, 0.15) is 5.75 Å². The first-order chi connectivity index (χ1) is 13.1. The summed E-state index contributed by atoms with van der Waals surface area (Å²) in [6.07, 6.45) is 1.79. The fourth-order valence-corrected chi connectivity index (χ4v) is 3.98. The Balaban J connectivity index is 1.71. The summed E-state index contributed by atoms with van der Waals surface area (Å²) < 4.78 is 7.26. The molecule has 0 radical (unpaired) electrons. The summed E-state index contributed by atoms with van der Waals surface area (Å²) in [6.45, 7) is 6.35. The Kier molecular flexibility index (Phi) is 6.31. The van der Waals surface area contributed by atoms with Gasteiger partial charge in [0.15, 0.2) is 11.0 Å². The van der Waals surface area contributed by atoms with E-state index < -0.39 is 0 Å². The average Bonchev–Trinajstić information content (AvgIpc) is 3.30. The van der Waals surface area contributed by atoms with Gasteiger partial charge in [-0.3, -0.25) is 9.36 Å². The predicted octanol–water partition coefficient (Wildman–Crippen LogP) is 4.24. The zero-order valence-electron chi connectivity index (χ0n) is 15.1. The van der Waals surface area contributed by atoms with E-state index in [0.29, 0.717) is 23.1 Å². The van der Waals surface area contributed by atoms with Gasteiger partial charge in [-0.1, -0.05) is 30.0 Å². The Bertz CT molecular complexity index is 935. The van der Waals surface area contributed by atoms with Crippen LogP contribution >= 0.6 is 23.1 Å². The number of hydrogen-bond acceptors (Lipinski definition) is 6. The molecule has 1 amide bonds. The predicted molar refractivity (Wildman–Crippen MR) is 111 cm³/mol. The van der Waals surface area contributed by atoms with Gasteiger partial charge in [0.05, 0.1) is 23.4 Å². The molecule has 0 spiro atoms. The van der Waals surface area contributed by atoms with Gasteiger partial charge in [0.25, 0.3) is 0 Å². The molecule has 0 unspecified atom stereocenters. The number of aromatic nitrogens is 3. The molecule has 2 heterocycles. The zero-order valence-corrected chi connectivity index (χ0v) is 16.8. The summed E-state index contributed by atoms with van der Waals surface area (Å²) in [5.41, 5.74) is 1.71. The number of carbonyl (C=O) groups is 1. The minimum absolute atomic E-state index is 0.130. The van der Waals surface area contributed by atoms with Gasteiger partial charge in [-0.15, -0.1) is 28.1 Å². The van der Waals surface area contributed by atoms with Crippen LogP contribution in [0.15, 0.2) is 53.5 Å². The van der Waals surface area contributed by atoms with Crippen LogP contribution in [0.2, 0.25) is 0 Å². The molecule has 2 aromatic heterocycles. The minimum atomic E-state index is -0.130. The van der Waals surface area contributed by atoms with Gasteiger partial charge in [0, 0.05) is 6.54 Å². The molecule has 3 rings (SSSR count). The summed E-state index contributed by atoms with van der Waals surface area (Å²) >= 11 is 2.94. The SMILES string of the molecule is C=CCn1c(SCC(=O)Nc2cc(C)ccc2OC)nnc1-c1cccs1. The van der Waals surface area contributed by atoms with Crippen molar-refractivity contribution >= 4 is 34.7 Å². The maximum Gasteiger partial charge on any atom is 0.234 e. The van der Waals surface area contributed by atoms with Crippen LogP contribution in [0.4, 0.5) is 5.69 Å². The van der Waals surface area contributed by atoms with Gasteiger partial charge in [-0.25, -0.2) is 0 Å². The van der Waals surface area contributed by atoms with Crippen LogP contribution in [0.25, 0.3) is 10.7 Å². The first kappa shape index (κ1) is 19.2. The molecule has 0 saturated carbocycles. The molecule has 0 fully saturated rings. The zero-order chi connectivity index (χ0) is 19.2. The molecule has 0 aliphatic carbocycles. The van der Waals surface area contributed by atoms with E-state index in [2.05, 4.69) is 22.1 Å². The molecule has 1 aromatic carbocycles. The molecule has 6 nitrogen and oxygen atoms in total. The first-order valence-electron chi connectivity index (χ1n) is 8.27. The molecule has 140 valence electrons. The molecular formula is C19H20N4O2S2. The van der Waals surface area contributed by atoms with Gasteiger partial charge < -0.3 is 10.1 Å². The molecule has 0 saturated heterocycles. The molecule has 3 aromatic rings. The first-order valence-corrected chi connectivity index (χ1v) is 10.1. The second-order valence-electron chi connectivity index (χ2n) is 5.72. The Hall–Kier alpha value is -2.58. The number of rotatable bonds is 8. The van der Waals surface area contributed by atoms with Crippen LogP contribution in [0, 0.1) is 6.92 Å². The summed E-state index contributed by atoms with van der Waals surface area (Å²) in [6, 6.07) is 9.64. The molecule has 27 heavy (non-hydrogen) atoms. The normalized spacial score (nSPS) is 10.6. The van der Waals surface area contributed by atoms with Crippen LogP contribution < -0.4 is 10.1 Å². The summed E-state index contributed by atoms with van der Waals surface area (Å²) in [5, 5.41) is 14.1. The lowest BCUT2D eigenvalue weighted by Gasteiger charge is -2.11. The number of nitrogens with one attached hydrogen (secondary N) is 1. The topological polar surface area (TPSA) is 69.0 Å². The highest BCUT2D eigenvalue weighted by atomic mass is 32.2. The number of amides is 1. The Morgan fingerprint density at radius 2 is 2.26 bits per heavy atom. The van der Waals surface area contributed by atoms with Crippen LogP contribution in [-0.4, -0.2) is 33.5 Å². The van der Waals surface area contributed by atoms with Crippen molar-refractivity contribution in [2.24, 2.45) is 0 Å². The van der Waals surface area contributed by atoms with Crippen molar-refractivity contribution in [1.82, 2.24) is 14.8 Å². The van der Waals surface area contributed by atoms with E-state index in [1.54, 1.807) is 24.5 Å². The maximum absolute atomic E-state index is 12.4. The molecule has 0 atom stereocenters. The van der Waals surface area contributed by atoms with E-state index in [1.165, 1.54) is 11.8 Å². The van der Waals surface area contributed by atoms with Gasteiger partial charge in [-0.05, 0) is 36.1 Å². The van der Waals surface area contributed by atoms with Crippen LogP contribution in [-0.2, 0) is 11.3 Å². The smallest absolute Gasteiger partial charge is 0.234 e. The lowest BCUT2D eigenvalue weighted by molar-refractivity contribution is -0.113. The number of allylic oxidation sites excluding steroid dienone is 1. The number of ether oxygens (including phenoxy) is 1. The van der Waals surface area contributed by atoms with Crippen molar-refractivity contribution in [3.63, 3.8) is 0 Å². The van der Waals surface area contributed by atoms with E-state index in [-0.39, 0.29) is 11.7 Å². The number of nitrogens with zero attached hydrogens (tertiary/aromatic N) is 3. The maximum atomic E-state index is 12.4. The van der Waals surface area contributed by atoms with Crippen LogP contribution in [0.3, 0.4) is 0 Å². The Morgan fingerprint density at radius 3 is 2.96 bits per heavy atom. The lowest BCUT2D eigenvalue weighted by atomic mass is 10.2. The van der Waals surface area contributed by atoms with Crippen molar-refractivity contribution in [1.29, 1.82) is 0 Å². The quantitative estimate of drug-likeness (QED) is 0.452. The highest BCUT2D eigenvalue weighted by Crippen LogP contribution is 2.28. The number of thioether (sulfide) groups is 1. The van der Waals surface area contributed by atoms with Gasteiger partial charge >= 0.3 is 0 Å². The van der Waals surface area contributed by atoms with E-state index in [0.717, 1.165) is 16.3 Å². The average molecular weight is 401 g/mol. The van der Waals surface area contributed by atoms with Crippen LogP contribution in [0.5, 0.6) is 5.75 Å². The lowest BCUT2D eigenvalue weighted by Crippen LogP contribution is -2.15. The third-order valence-corrected chi connectivity index (χ3v) is 5.56. The van der Waals surface area contributed by atoms with Gasteiger partial charge in [-0.2, -0.15) is 0 Å². The number of anilines is 1. The Labute approximate surface area is 166 Å². The number of aryl methyl sites for hydroxylation is 1. The van der Waals surface area contributed by atoms with E-state index in [4.69, 9.17) is 4.74 Å². The highest BCUT2D eigenvalue weighted by Gasteiger charge is 2.16. The molecule has 0 bridgehead atoms. The van der Waals surface area contributed by atoms with Crippen LogP contribution in [0.1, 0.15) is 5.56 Å². The molecule has 1 N–H and O–H groups in total. The van der Waals surface area contributed by atoms with Gasteiger partial charge in [0.2, 0.25) is 5.91 Å². The third-order valence-electron chi connectivity index (χ3n) is 3.73. The molecule has 8 heteroatoms. The molecule has 0 aliphatic rings. The standard InChI is InChI=1S/C19H20N4O2S2/c1-4-9-23-18(16-6-5-10-26-16)21-22-19(23)27-12-17(24)20-14-11-13(2)7-8-15(14)25-3/h4-8,10-11H,1,9,12H2,2-3H3,(H,20,24). The fraction of sp³-hybridized carbons (Fsp3) is 0.211. The number of carbonyl (C=O) groups excluding carboxylic acids is 1. The largest absolute Gasteiger partial charge is 0.495 e. The summed E-state index contributed by atoms with van der Waals surface area (Å²) in [4.78, 5) is 13.4. The van der Waals surface area contributed by atoms with Crippen molar-refractivity contribution < 1.29 is 9.53 Å². The Morgan fingerprint density at radius 1 is 1.41 bits per heavy atom. The van der Waals surface area contributed by atoms with E-state index in [9.17, 15) is 4.79 Å². The third kappa shape index (κ3) is 4.58. The fourth-order valence-electron chi connectivity index (χ4n) is 2.51.